The lowest BCUT2D eigenvalue weighted by atomic mass is 10.3. The molecule has 1 rings (SSSR count). The first-order valence-corrected chi connectivity index (χ1v) is 5.65. The average molecular weight is 213 g/mol. The first-order chi connectivity index (χ1) is 6.83. The Morgan fingerprint density at radius 3 is 2.57 bits per heavy atom. The van der Waals surface area contributed by atoms with E-state index in [1.54, 1.807) is 11.8 Å². The van der Waals surface area contributed by atoms with Crippen molar-refractivity contribution >= 4 is 17.4 Å². The molecule has 0 unspecified atom stereocenters. The Labute approximate surface area is 88.3 Å². The van der Waals surface area contributed by atoms with E-state index in [1.165, 1.54) is 0 Å². The predicted octanol–water partition coefficient (Wildman–Crippen LogP) is 1.37. The summed E-state index contributed by atoms with van der Waals surface area (Å²) >= 11 is 1.68. The van der Waals surface area contributed by atoms with Crippen LogP contribution in [0.15, 0.2) is 24.3 Å². The van der Waals surface area contributed by atoms with Gasteiger partial charge in [0.05, 0.1) is 13.2 Å². The smallest absolute Gasteiger partial charge is 0.119 e. The van der Waals surface area contributed by atoms with Crippen LogP contribution in [0.2, 0.25) is 0 Å². The van der Waals surface area contributed by atoms with E-state index in [1.807, 2.05) is 24.3 Å². The minimum atomic E-state index is 0.229. The zero-order chi connectivity index (χ0) is 10.2. The molecule has 3 nitrogen and oxygen atoms in total. The van der Waals surface area contributed by atoms with Crippen LogP contribution in [-0.4, -0.2) is 29.8 Å². The van der Waals surface area contributed by atoms with Gasteiger partial charge in [0.25, 0.3) is 0 Å². The van der Waals surface area contributed by atoms with Gasteiger partial charge in [0.2, 0.25) is 0 Å². The molecule has 0 spiro atoms. The highest BCUT2D eigenvalue weighted by Gasteiger charge is 1.93. The van der Waals surface area contributed by atoms with E-state index >= 15 is 0 Å². The summed E-state index contributed by atoms with van der Waals surface area (Å²) in [5.74, 6) is 2.50. The third kappa shape index (κ3) is 4.39. The Bertz CT molecular complexity index is 251. The van der Waals surface area contributed by atoms with E-state index in [2.05, 4.69) is 0 Å². The molecule has 0 saturated carbocycles. The maximum atomic E-state index is 8.54. The van der Waals surface area contributed by atoms with Gasteiger partial charge in [-0.05, 0) is 24.3 Å². The van der Waals surface area contributed by atoms with Crippen LogP contribution in [0.25, 0.3) is 0 Å². The largest absolute Gasteiger partial charge is 0.493 e. The molecule has 4 heteroatoms. The summed E-state index contributed by atoms with van der Waals surface area (Å²) in [4.78, 5) is 0. The zero-order valence-electron chi connectivity index (χ0n) is 7.98. The van der Waals surface area contributed by atoms with Crippen molar-refractivity contribution in [2.45, 2.75) is 0 Å². The Balaban J connectivity index is 2.15. The molecule has 14 heavy (non-hydrogen) atoms. The number of ether oxygens (including phenoxy) is 1. The average Bonchev–Trinajstić information content (AvgIpc) is 2.21. The normalized spacial score (nSPS) is 10.1. The maximum Gasteiger partial charge on any atom is 0.119 e. The van der Waals surface area contributed by atoms with Gasteiger partial charge >= 0.3 is 0 Å². The van der Waals surface area contributed by atoms with Crippen LogP contribution in [-0.2, 0) is 0 Å². The molecule has 0 saturated heterocycles. The van der Waals surface area contributed by atoms with E-state index in [-0.39, 0.29) is 6.61 Å². The molecular weight excluding hydrogens is 198 g/mol. The lowest BCUT2D eigenvalue weighted by Crippen LogP contribution is -2.01. The molecule has 78 valence electrons. The third-order valence-electron chi connectivity index (χ3n) is 1.61. The monoisotopic (exact) mass is 213 g/mol. The lowest BCUT2D eigenvalue weighted by Gasteiger charge is -2.05. The van der Waals surface area contributed by atoms with Crippen molar-refractivity contribution in [3.63, 3.8) is 0 Å². The number of nitrogen functional groups attached to an aromatic ring is 1. The second-order valence-electron chi connectivity index (χ2n) is 2.75. The SMILES string of the molecule is Nc1ccc(OCCSCCO)cc1. The standard InChI is InChI=1S/C10H15NO2S/c11-9-1-3-10(4-2-9)13-6-8-14-7-5-12/h1-4,12H,5-8,11H2. The van der Waals surface area contributed by atoms with Gasteiger partial charge in [-0.25, -0.2) is 0 Å². The van der Waals surface area contributed by atoms with E-state index in [4.69, 9.17) is 15.6 Å². The lowest BCUT2D eigenvalue weighted by molar-refractivity contribution is 0.321. The Morgan fingerprint density at radius 1 is 1.21 bits per heavy atom. The summed E-state index contributed by atoms with van der Waals surface area (Å²) in [6, 6.07) is 7.34. The molecule has 1 aromatic carbocycles. The van der Waals surface area contributed by atoms with Gasteiger partial charge in [0.15, 0.2) is 0 Å². The fourth-order valence-corrected chi connectivity index (χ4v) is 1.48. The number of nitrogens with two attached hydrogens (primary N) is 1. The fourth-order valence-electron chi connectivity index (χ4n) is 0.949. The van der Waals surface area contributed by atoms with E-state index in [9.17, 15) is 0 Å². The quantitative estimate of drug-likeness (QED) is 0.553. The molecule has 0 aliphatic heterocycles. The molecule has 0 amide bonds. The molecule has 0 aliphatic rings. The van der Waals surface area contributed by atoms with Gasteiger partial charge in [-0.15, -0.1) is 0 Å². The molecule has 0 atom stereocenters. The Morgan fingerprint density at radius 2 is 1.93 bits per heavy atom. The van der Waals surface area contributed by atoms with E-state index < -0.39 is 0 Å². The summed E-state index contributed by atoms with van der Waals surface area (Å²) in [5.41, 5.74) is 6.28. The number of anilines is 1. The molecular formula is C10H15NO2S. The minimum Gasteiger partial charge on any atom is -0.493 e. The summed E-state index contributed by atoms with van der Waals surface area (Å²) in [6.07, 6.45) is 0. The number of thioether (sulfide) groups is 1. The zero-order valence-corrected chi connectivity index (χ0v) is 8.80. The Kier molecular flexibility index (Phi) is 5.25. The van der Waals surface area contributed by atoms with Gasteiger partial charge in [-0.3, -0.25) is 0 Å². The van der Waals surface area contributed by atoms with Gasteiger partial charge in [0.1, 0.15) is 5.75 Å². The first-order valence-electron chi connectivity index (χ1n) is 4.50. The molecule has 0 aromatic heterocycles. The van der Waals surface area contributed by atoms with Gasteiger partial charge < -0.3 is 15.6 Å². The number of hydrogen-bond donors (Lipinski definition) is 2. The molecule has 0 aliphatic carbocycles. The summed E-state index contributed by atoms with van der Waals surface area (Å²) < 4.78 is 5.45. The maximum absolute atomic E-state index is 8.54. The summed E-state index contributed by atoms with van der Waals surface area (Å²) in [5, 5.41) is 8.54. The minimum absolute atomic E-state index is 0.229. The van der Waals surface area contributed by atoms with Crippen molar-refractivity contribution in [1.82, 2.24) is 0 Å². The molecule has 3 N–H and O–H groups in total. The van der Waals surface area contributed by atoms with Crippen molar-refractivity contribution in [3.8, 4) is 5.75 Å². The van der Waals surface area contributed by atoms with Crippen molar-refractivity contribution < 1.29 is 9.84 Å². The number of hydrogen-bond acceptors (Lipinski definition) is 4. The van der Waals surface area contributed by atoms with Crippen LogP contribution in [0.1, 0.15) is 0 Å². The van der Waals surface area contributed by atoms with Crippen molar-refractivity contribution in [2.75, 3.05) is 30.5 Å². The number of rotatable bonds is 6. The predicted molar refractivity (Wildman–Crippen MR) is 60.8 cm³/mol. The van der Waals surface area contributed by atoms with Crippen molar-refractivity contribution in [1.29, 1.82) is 0 Å². The Hall–Kier alpha value is -0.870. The van der Waals surface area contributed by atoms with Crippen molar-refractivity contribution in [2.24, 2.45) is 0 Å². The van der Waals surface area contributed by atoms with Crippen LogP contribution < -0.4 is 10.5 Å². The second-order valence-corrected chi connectivity index (χ2v) is 3.98. The van der Waals surface area contributed by atoms with Gasteiger partial charge in [-0.1, -0.05) is 0 Å². The number of aliphatic hydroxyl groups excluding tert-OH is 1. The van der Waals surface area contributed by atoms with Crippen LogP contribution in [0.5, 0.6) is 5.75 Å². The summed E-state index contributed by atoms with van der Waals surface area (Å²) in [6.45, 7) is 0.890. The molecule has 0 bridgehead atoms. The summed E-state index contributed by atoms with van der Waals surface area (Å²) in [7, 11) is 0. The highest BCUT2D eigenvalue weighted by atomic mass is 32.2. The van der Waals surface area contributed by atoms with Crippen LogP contribution in [0.4, 0.5) is 5.69 Å². The van der Waals surface area contributed by atoms with E-state index in [0.717, 1.165) is 22.9 Å². The van der Waals surface area contributed by atoms with Crippen molar-refractivity contribution in [3.05, 3.63) is 24.3 Å². The van der Waals surface area contributed by atoms with Gasteiger partial charge in [-0.2, -0.15) is 11.8 Å². The molecule has 1 aromatic rings. The van der Waals surface area contributed by atoms with E-state index in [0.29, 0.717) is 6.61 Å². The molecule has 0 heterocycles. The fraction of sp³-hybridized carbons (Fsp3) is 0.400. The number of benzene rings is 1. The second kappa shape index (κ2) is 6.56. The highest BCUT2D eigenvalue weighted by Crippen LogP contribution is 2.13. The topological polar surface area (TPSA) is 55.5 Å². The molecule has 0 fully saturated rings. The third-order valence-corrected chi connectivity index (χ3v) is 2.54. The van der Waals surface area contributed by atoms with Crippen LogP contribution >= 0.6 is 11.8 Å². The molecule has 0 radical (unpaired) electrons. The van der Waals surface area contributed by atoms with Crippen LogP contribution in [0.3, 0.4) is 0 Å². The van der Waals surface area contributed by atoms with Gasteiger partial charge in [0, 0.05) is 17.2 Å². The highest BCUT2D eigenvalue weighted by molar-refractivity contribution is 7.99. The van der Waals surface area contributed by atoms with Crippen LogP contribution in [0, 0.1) is 0 Å². The first kappa shape index (κ1) is 11.2. The number of aliphatic hydroxyl groups is 1.